The van der Waals surface area contributed by atoms with Crippen molar-refractivity contribution < 1.29 is 9.18 Å². The van der Waals surface area contributed by atoms with E-state index in [0.717, 1.165) is 23.2 Å². The predicted octanol–water partition coefficient (Wildman–Crippen LogP) is 4.28. The number of amides is 1. The molecule has 3 nitrogen and oxygen atoms in total. The number of aromatic amines is 1. The summed E-state index contributed by atoms with van der Waals surface area (Å²) in [5, 5.41) is 4.13. The average molecular weight is 389 g/mol. The van der Waals surface area contributed by atoms with E-state index in [-0.39, 0.29) is 18.1 Å². The smallest absolute Gasteiger partial charge is 0.224 e. The van der Waals surface area contributed by atoms with E-state index in [0.29, 0.717) is 11.0 Å². The maximum absolute atomic E-state index is 13.2. The fourth-order valence-electron chi connectivity index (χ4n) is 2.88. The van der Waals surface area contributed by atoms with E-state index in [4.69, 9.17) is 0 Å². The molecule has 3 rings (SSSR count). The van der Waals surface area contributed by atoms with Crippen LogP contribution in [0, 0.1) is 12.7 Å². The van der Waals surface area contributed by atoms with Gasteiger partial charge in [0.25, 0.3) is 0 Å². The first-order valence-electron chi connectivity index (χ1n) is 7.81. The van der Waals surface area contributed by atoms with Gasteiger partial charge in [-0.1, -0.05) is 24.3 Å². The quantitative estimate of drug-likeness (QED) is 0.672. The molecule has 2 N–H and O–H groups in total. The first kappa shape index (κ1) is 16.7. The van der Waals surface area contributed by atoms with Gasteiger partial charge in [-0.3, -0.25) is 4.79 Å². The van der Waals surface area contributed by atoms with Gasteiger partial charge in [0.2, 0.25) is 5.91 Å². The van der Waals surface area contributed by atoms with E-state index in [1.165, 1.54) is 17.0 Å². The van der Waals surface area contributed by atoms with Gasteiger partial charge < -0.3 is 10.3 Å². The predicted molar refractivity (Wildman–Crippen MR) is 97.6 cm³/mol. The minimum absolute atomic E-state index is 0.0639. The van der Waals surface area contributed by atoms with Crippen LogP contribution in [-0.2, 0) is 17.6 Å². The molecule has 24 heavy (non-hydrogen) atoms. The van der Waals surface area contributed by atoms with Crippen LogP contribution in [0.4, 0.5) is 4.39 Å². The molecule has 0 aliphatic rings. The Hall–Kier alpha value is -2.14. The monoisotopic (exact) mass is 388 g/mol. The lowest BCUT2D eigenvalue weighted by Gasteiger charge is -2.07. The Morgan fingerprint density at radius 2 is 2.04 bits per heavy atom. The number of rotatable bonds is 5. The van der Waals surface area contributed by atoms with Crippen molar-refractivity contribution in [1.29, 1.82) is 0 Å². The number of para-hydroxylation sites is 1. The number of nitrogens with one attached hydrogen (secondary N) is 2. The largest absolute Gasteiger partial charge is 0.358 e. The minimum Gasteiger partial charge on any atom is -0.358 e. The highest BCUT2D eigenvalue weighted by Gasteiger charge is 2.09. The third-order valence-corrected chi connectivity index (χ3v) is 4.68. The second kappa shape index (κ2) is 7.18. The maximum atomic E-state index is 13.2. The number of H-pyrrole nitrogens is 1. The minimum atomic E-state index is -0.325. The molecule has 0 saturated carbocycles. The van der Waals surface area contributed by atoms with Crippen LogP contribution in [0.25, 0.3) is 10.9 Å². The summed E-state index contributed by atoms with van der Waals surface area (Å²) >= 11 is 3.14. The van der Waals surface area contributed by atoms with Crippen molar-refractivity contribution in [2.75, 3.05) is 6.54 Å². The summed E-state index contributed by atoms with van der Waals surface area (Å²) in [5.74, 6) is -0.389. The molecule has 2 aromatic carbocycles. The van der Waals surface area contributed by atoms with Crippen molar-refractivity contribution in [3.05, 3.63) is 69.6 Å². The molecule has 3 aromatic rings. The van der Waals surface area contributed by atoms with Crippen molar-refractivity contribution in [3.8, 4) is 0 Å². The van der Waals surface area contributed by atoms with Crippen LogP contribution in [0.2, 0.25) is 0 Å². The van der Waals surface area contributed by atoms with Gasteiger partial charge in [0.15, 0.2) is 0 Å². The number of fused-ring (bicyclic) bond motifs is 1. The molecule has 0 spiro atoms. The van der Waals surface area contributed by atoms with Gasteiger partial charge in [0.1, 0.15) is 5.82 Å². The Bertz CT molecular complexity index is 888. The lowest BCUT2D eigenvalue weighted by Crippen LogP contribution is -2.27. The first-order chi connectivity index (χ1) is 11.5. The standard InChI is InChI=1S/C19H18BrFN2O/c1-12-14(15-4-2-3-5-18(15)23-12)8-9-22-19(24)11-13-6-7-17(21)16(20)10-13/h2-7,10,23H,8-9,11H2,1H3,(H,22,24). The van der Waals surface area contributed by atoms with Crippen LogP contribution in [-0.4, -0.2) is 17.4 Å². The van der Waals surface area contributed by atoms with Gasteiger partial charge in [-0.25, -0.2) is 4.39 Å². The first-order valence-corrected chi connectivity index (χ1v) is 8.60. The molecule has 0 saturated heterocycles. The van der Waals surface area contributed by atoms with Crippen LogP contribution in [0.3, 0.4) is 0 Å². The van der Waals surface area contributed by atoms with Crippen LogP contribution in [0.1, 0.15) is 16.8 Å². The number of carbonyl (C=O) groups excluding carboxylic acids is 1. The Balaban J connectivity index is 1.58. The number of aromatic nitrogens is 1. The van der Waals surface area contributed by atoms with Crippen molar-refractivity contribution in [1.82, 2.24) is 10.3 Å². The zero-order valence-corrected chi connectivity index (χ0v) is 14.9. The second-order valence-electron chi connectivity index (χ2n) is 5.80. The van der Waals surface area contributed by atoms with E-state index in [1.807, 2.05) is 19.1 Å². The van der Waals surface area contributed by atoms with Gasteiger partial charge in [0.05, 0.1) is 10.9 Å². The second-order valence-corrected chi connectivity index (χ2v) is 6.65. The molecule has 0 atom stereocenters. The van der Waals surface area contributed by atoms with E-state index >= 15 is 0 Å². The Labute approximate surface area is 148 Å². The third kappa shape index (κ3) is 3.67. The van der Waals surface area contributed by atoms with Crippen molar-refractivity contribution in [2.24, 2.45) is 0 Å². The highest BCUT2D eigenvalue weighted by molar-refractivity contribution is 9.10. The van der Waals surface area contributed by atoms with Gasteiger partial charge in [0, 0.05) is 23.1 Å². The Kier molecular flexibility index (Phi) is 5.00. The SMILES string of the molecule is Cc1[nH]c2ccccc2c1CCNC(=O)Cc1ccc(F)c(Br)c1. The molecular formula is C19H18BrFN2O. The van der Waals surface area contributed by atoms with E-state index in [2.05, 4.69) is 38.4 Å². The Morgan fingerprint density at radius 3 is 2.83 bits per heavy atom. The molecule has 124 valence electrons. The zero-order chi connectivity index (χ0) is 17.1. The highest BCUT2D eigenvalue weighted by atomic mass is 79.9. The molecule has 0 radical (unpaired) electrons. The zero-order valence-electron chi connectivity index (χ0n) is 13.3. The van der Waals surface area contributed by atoms with Crippen molar-refractivity contribution in [2.45, 2.75) is 19.8 Å². The summed E-state index contributed by atoms with van der Waals surface area (Å²) in [4.78, 5) is 15.4. The molecule has 1 aromatic heterocycles. The number of carbonyl (C=O) groups is 1. The summed E-state index contributed by atoms with van der Waals surface area (Å²) in [6.07, 6.45) is 1.01. The van der Waals surface area contributed by atoms with Crippen molar-refractivity contribution in [3.63, 3.8) is 0 Å². The molecule has 0 fully saturated rings. The van der Waals surface area contributed by atoms with Crippen LogP contribution in [0.5, 0.6) is 0 Å². The van der Waals surface area contributed by atoms with E-state index < -0.39 is 0 Å². The summed E-state index contributed by atoms with van der Waals surface area (Å²) in [7, 11) is 0. The van der Waals surface area contributed by atoms with Gasteiger partial charge >= 0.3 is 0 Å². The molecule has 1 heterocycles. The molecule has 0 aliphatic carbocycles. The highest BCUT2D eigenvalue weighted by Crippen LogP contribution is 2.22. The lowest BCUT2D eigenvalue weighted by atomic mass is 10.1. The van der Waals surface area contributed by atoms with Gasteiger partial charge in [-0.05, 0) is 58.6 Å². The van der Waals surface area contributed by atoms with Crippen LogP contribution < -0.4 is 5.32 Å². The summed E-state index contributed by atoms with van der Waals surface area (Å²) in [6, 6.07) is 12.8. The lowest BCUT2D eigenvalue weighted by molar-refractivity contribution is -0.120. The molecular weight excluding hydrogens is 371 g/mol. The molecule has 1 amide bonds. The molecule has 0 aliphatic heterocycles. The Morgan fingerprint density at radius 1 is 1.25 bits per heavy atom. The average Bonchev–Trinajstić information content (AvgIpc) is 2.87. The maximum Gasteiger partial charge on any atom is 0.224 e. The summed E-state index contributed by atoms with van der Waals surface area (Å²) in [5.41, 5.74) is 4.26. The third-order valence-electron chi connectivity index (χ3n) is 4.07. The van der Waals surface area contributed by atoms with Gasteiger partial charge in [-0.2, -0.15) is 0 Å². The van der Waals surface area contributed by atoms with Crippen LogP contribution >= 0.6 is 15.9 Å². The molecule has 0 bridgehead atoms. The van der Waals surface area contributed by atoms with Gasteiger partial charge in [-0.15, -0.1) is 0 Å². The number of hydrogen-bond donors (Lipinski definition) is 2. The number of hydrogen-bond acceptors (Lipinski definition) is 1. The molecule has 5 heteroatoms. The van der Waals surface area contributed by atoms with E-state index in [9.17, 15) is 9.18 Å². The molecule has 0 unspecified atom stereocenters. The fraction of sp³-hybridized carbons (Fsp3) is 0.211. The normalized spacial score (nSPS) is 11.0. The van der Waals surface area contributed by atoms with Crippen molar-refractivity contribution >= 4 is 32.7 Å². The summed E-state index contributed by atoms with van der Waals surface area (Å²) in [6.45, 7) is 2.62. The van der Waals surface area contributed by atoms with Crippen LogP contribution in [0.15, 0.2) is 46.9 Å². The number of benzene rings is 2. The topological polar surface area (TPSA) is 44.9 Å². The fourth-order valence-corrected chi connectivity index (χ4v) is 3.31. The number of aryl methyl sites for hydroxylation is 1. The van der Waals surface area contributed by atoms with E-state index in [1.54, 1.807) is 12.1 Å². The number of halogens is 2. The summed E-state index contributed by atoms with van der Waals surface area (Å²) < 4.78 is 13.6.